The van der Waals surface area contributed by atoms with Crippen LogP contribution >= 0.6 is 0 Å². The van der Waals surface area contributed by atoms with Crippen molar-refractivity contribution in [2.75, 3.05) is 12.4 Å². The molecule has 1 heterocycles. The fourth-order valence-electron chi connectivity index (χ4n) is 2.78. The van der Waals surface area contributed by atoms with E-state index in [1.54, 1.807) is 13.3 Å². The number of hydrogen-bond acceptors (Lipinski definition) is 4. The first kappa shape index (κ1) is 14.7. The van der Waals surface area contributed by atoms with Gasteiger partial charge in [-0.25, -0.2) is 0 Å². The Morgan fingerprint density at radius 3 is 2.77 bits per heavy atom. The Labute approximate surface area is 131 Å². The van der Waals surface area contributed by atoms with Gasteiger partial charge < -0.3 is 14.8 Å². The minimum absolute atomic E-state index is 0.329. The first-order chi connectivity index (χ1) is 10.8. The molecule has 1 aliphatic rings. The Morgan fingerprint density at radius 2 is 2.05 bits per heavy atom. The second-order valence-corrected chi connectivity index (χ2v) is 5.60. The highest BCUT2D eigenvalue weighted by atomic mass is 16.5. The molecule has 0 spiro atoms. The van der Waals surface area contributed by atoms with E-state index < -0.39 is 0 Å². The second-order valence-electron chi connectivity index (χ2n) is 5.60. The van der Waals surface area contributed by atoms with Gasteiger partial charge >= 0.3 is 0 Å². The lowest BCUT2D eigenvalue weighted by molar-refractivity contribution is 0.200. The number of methoxy groups -OCH3 is 1. The quantitative estimate of drug-likeness (QED) is 0.874. The zero-order valence-electron chi connectivity index (χ0n) is 12.9. The molecule has 0 aliphatic heterocycles. The van der Waals surface area contributed by atoms with E-state index in [4.69, 9.17) is 9.47 Å². The maximum absolute atomic E-state index is 6.12. The van der Waals surface area contributed by atoms with Gasteiger partial charge in [0.25, 0.3) is 0 Å². The Morgan fingerprint density at radius 1 is 1.18 bits per heavy atom. The number of anilines is 1. The second kappa shape index (κ2) is 7.16. The van der Waals surface area contributed by atoms with E-state index in [0.29, 0.717) is 6.10 Å². The van der Waals surface area contributed by atoms with E-state index >= 15 is 0 Å². The number of nitrogens with zero attached hydrogens (tertiary/aromatic N) is 1. The molecule has 4 heteroatoms. The number of aromatic nitrogens is 1. The predicted octanol–water partition coefficient (Wildman–Crippen LogP) is 4.02. The molecule has 0 saturated heterocycles. The molecule has 2 aromatic rings. The van der Waals surface area contributed by atoms with Crippen molar-refractivity contribution in [1.82, 2.24) is 4.98 Å². The molecule has 22 heavy (non-hydrogen) atoms. The molecule has 116 valence electrons. The molecule has 0 radical (unpaired) electrons. The third kappa shape index (κ3) is 3.70. The van der Waals surface area contributed by atoms with E-state index in [0.717, 1.165) is 42.1 Å². The Bertz CT molecular complexity index is 595. The van der Waals surface area contributed by atoms with Crippen LogP contribution in [0.25, 0.3) is 0 Å². The van der Waals surface area contributed by atoms with E-state index in [-0.39, 0.29) is 0 Å². The summed E-state index contributed by atoms with van der Waals surface area (Å²) in [6, 6.07) is 10.0. The molecule has 1 saturated carbocycles. The van der Waals surface area contributed by atoms with Gasteiger partial charge in [0.1, 0.15) is 0 Å². The summed E-state index contributed by atoms with van der Waals surface area (Å²) in [6.45, 7) is 0.733. The predicted molar refractivity (Wildman–Crippen MR) is 87.4 cm³/mol. The van der Waals surface area contributed by atoms with Gasteiger partial charge in [-0.1, -0.05) is 6.07 Å². The van der Waals surface area contributed by atoms with Crippen molar-refractivity contribution in [2.24, 2.45) is 0 Å². The summed E-state index contributed by atoms with van der Waals surface area (Å²) in [6.07, 6.45) is 8.72. The van der Waals surface area contributed by atoms with E-state index in [1.807, 2.05) is 24.4 Å². The van der Waals surface area contributed by atoms with Gasteiger partial charge in [-0.2, -0.15) is 0 Å². The lowest BCUT2D eigenvalue weighted by Crippen LogP contribution is -2.12. The van der Waals surface area contributed by atoms with E-state index in [1.165, 1.54) is 12.8 Å². The highest BCUT2D eigenvalue weighted by molar-refractivity contribution is 5.45. The summed E-state index contributed by atoms with van der Waals surface area (Å²) in [5.74, 6) is 1.65. The number of rotatable bonds is 6. The molecule has 1 N–H and O–H groups in total. The van der Waals surface area contributed by atoms with Crippen molar-refractivity contribution in [3.8, 4) is 11.5 Å². The summed E-state index contributed by atoms with van der Waals surface area (Å²) >= 11 is 0. The van der Waals surface area contributed by atoms with Crippen molar-refractivity contribution in [3.63, 3.8) is 0 Å². The zero-order chi connectivity index (χ0) is 15.2. The van der Waals surface area contributed by atoms with E-state index in [2.05, 4.69) is 22.4 Å². The van der Waals surface area contributed by atoms with Gasteiger partial charge in [-0.05, 0) is 55.5 Å². The minimum atomic E-state index is 0.329. The van der Waals surface area contributed by atoms with Gasteiger partial charge in [-0.3, -0.25) is 4.98 Å². The minimum Gasteiger partial charge on any atom is -0.493 e. The molecular weight excluding hydrogens is 276 g/mol. The first-order valence-electron chi connectivity index (χ1n) is 7.82. The molecule has 1 aliphatic carbocycles. The van der Waals surface area contributed by atoms with Gasteiger partial charge in [0.15, 0.2) is 11.5 Å². The standard InChI is InChI=1S/C18H22N2O2/c1-21-17-9-8-14(12-20-15-5-4-10-19-13-15)11-18(17)22-16-6-2-3-7-16/h4-5,8-11,13,16,20H,2-3,6-7,12H2,1H3. The van der Waals surface area contributed by atoms with Crippen LogP contribution in [0.2, 0.25) is 0 Å². The van der Waals surface area contributed by atoms with Crippen LogP contribution in [0, 0.1) is 0 Å². The fourth-order valence-corrected chi connectivity index (χ4v) is 2.78. The summed E-state index contributed by atoms with van der Waals surface area (Å²) in [5, 5.41) is 3.36. The van der Waals surface area contributed by atoms with Crippen LogP contribution in [-0.4, -0.2) is 18.2 Å². The number of nitrogens with one attached hydrogen (secondary N) is 1. The highest BCUT2D eigenvalue weighted by Crippen LogP contribution is 2.32. The lowest BCUT2D eigenvalue weighted by atomic mass is 10.2. The van der Waals surface area contributed by atoms with Crippen LogP contribution in [0.3, 0.4) is 0 Å². The summed E-state index contributed by atoms with van der Waals surface area (Å²) in [7, 11) is 1.68. The molecule has 0 bridgehead atoms. The van der Waals surface area contributed by atoms with Crippen molar-refractivity contribution in [3.05, 3.63) is 48.3 Å². The number of benzene rings is 1. The summed E-state index contributed by atoms with van der Waals surface area (Å²) in [4.78, 5) is 4.10. The van der Waals surface area contributed by atoms with Crippen LogP contribution in [0.4, 0.5) is 5.69 Å². The molecule has 1 fully saturated rings. The van der Waals surface area contributed by atoms with Gasteiger partial charge in [0, 0.05) is 18.9 Å². The smallest absolute Gasteiger partial charge is 0.161 e. The monoisotopic (exact) mass is 298 g/mol. The Hall–Kier alpha value is -2.23. The SMILES string of the molecule is COc1ccc(CNc2cccnc2)cc1OC1CCCC1. The maximum atomic E-state index is 6.12. The van der Waals surface area contributed by atoms with Crippen molar-refractivity contribution >= 4 is 5.69 Å². The van der Waals surface area contributed by atoms with Gasteiger partial charge in [0.05, 0.1) is 18.9 Å². The first-order valence-corrected chi connectivity index (χ1v) is 7.82. The molecule has 4 nitrogen and oxygen atoms in total. The van der Waals surface area contributed by atoms with E-state index in [9.17, 15) is 0 Å². The molecule has 1 aromatic heterocycles. The molecule has 3 rings (SSSR count). The average Bonchev–Trinajstić information content (AvgIpc) is 3.07. The van der Waals surface area contributed by atoms with Crippen LogP contribution in [0.15, 0.2) is 42.7 Å². The maximum Gasteiger partial charge on any atom is 0.161 e. The van der Waals surface area contributed by atoms with Gasteiger partial charge in [0.2, 0.25) is 0 Å². The highest BCUT2D eigenvalue weighted by Gasteiger charge is 2.18. The van der Waals surface area contributed by atoms with Crippen LogP contribution < -0.4 is 14.8 Å². The van der Waals surface area contributed by atoms with Gasteiger partial charge in [-0.15, -0.1) is 0 Å². The van der Waals surface area contributed by atoms with Crippen molar-refractivity contribution in [2.45, 2.75) is 38.3 Å². The molecule has 0 atom stereocenters. The lowest BCUT2D eigenvalue weighted by Gasteiger charge is -2.17. The third-order valence-electron chi connectivity index (χ3n) is 3.98. The zero-order valence-corrected chi connectivity index (χ0v) is 12.9. The van der Waals surface area contributed by atoms with Crippen molar-refractivity contribution < 1.29 is 9.47 Å². The van der Waals surface area contributed by atoms with Crippen molar-refractivity contribution in [1.29, 1.82) is 0 Å². The number of ether oxygens (including phenoxy) is 2. The average molecular weight is 298 g/mol. The fraction of sp³-hybridized carbons (Fsp3) is 0.389. The summed E-state index contributed by atoms with van der Waals surface area (Å²) in [5.41, 5.74) is 2.18. The topological polar surface area (TPSA) is 43.4 Å². The molecule has 0 amide bonds. The van der Waals surface area contributed by atoms with Crippen LogP contribution in [0.1, 0.15) is 31.2 Å². The molecule has 0 unspecified atom stereocenters. The molecule has 1 aromatic carbocycles. The third-order valence-corrected chi connectivity index (χ3v) is 3.98. The van der Waals surface area contributed by atoms with Crippen LogP contribution in [0.5, 0.6) is 11.5 Å². The number of pyridine rings is 1. The number of hydrogen-bond donors (Lipinski definition) is 1. The Balaban J connectivity index is 1.69. The Kier molecular flexibility index (Phi) is 4.78. The normalized spacial score (nSPS) is 14.8. The molecular formula is C18H22N2O2. The van der Waals surface area contributed by atoms with Crippen LogP contribution in [-0.2, 0) is 6.54 Å². The largest absolute Gasteiger partial charge is 0.493 e. The summed E-state index contributed by atoms with van der Waals surface area (Å²) < 4.78 is 11.5.